The molecule has 2 aromatic heterocycles. The number of H-pyrrole nitrogens is 2. The van der Waals surface area contributed by atoms with Crippen LogP contribution in [0.15, 0.2) is 20.1 Å². The molecule has 0 aromatic carbocycles. The molecule has 4 N–H and O–H groups in total. The lowest BCUT2D eigenvalue weighted by Crippen LogP contribution is -2.21. The van der Waals surface area contributed by atoms with E-state index in [0.717, 1.165) is 6.07 Å². The minimum absolute atomic E-state index is 0.00861. The fraction of sp³-hybridized carbons (Fsp3) is 0. The third-order valence-corrected chi connectivity index (χ3v) is 1.43. The van der Waals surface area contributed by atoms with Gasteiger partial charge in [-0.25, -0.2) is 4.79 Å². The highest BCUT2D eigenvalue weighted by Crippen LogP contribution is 2.11. The van der Waals surface area contributed by atoms with Gasteiger partial charge in [0.1, 0.15) is 5.69 Å². The normalized spacial score (nSPS) is 10.3. The summed E-state index contributed by atoms with van der Waals surface area (Å²) < 4.78 is 4.81. The van der Waals surface area contributed by atoms with Gasteiger partial charge in [0.25, 0.3) is 11.4 Å². The van der Waals surface area contributed by atoms with Gasteiger partial charge in [-0.2, -0.15) is 0 Å². The van der Waals surface area contributed by atoms with Crippen molar-refractivity contribution in [1.29, 1.82) is 0 Å². The van der Waals surface area contributed by atoms with Crippen LogP contribution in [0.25, 0.3) is 11.6 Å². The van der Waals surface area contributed by atoms with Gasteiger partial charge in [0, 0.05) is 6.07 Å². The summed E-state index contributed by atoms with van der Waals surface area (Å²) in [7, 11) is 0. The summed E-state index contributed by atoms with van der Waals surface area (Å²) in [5.41, 5.74) is 4.10. The molecule has 0 atom stereocenters. The Morgan fingerprint density at radius 2 is 2.07 bits per heavy atom. The number of nitrogens with zero attached hydrogens (tertiary/aromatic N) is 2. The molecular formula is C6H5N5O3. The Labute approximate surface area is 75.8 Å². The van der Waals surface area contributed by atoms with Gasteiger partial charge in [-0.3, -0.25) is 9.78 Å². The van der Waals surface area contributed by atoms with Crippen LogP contribution >= 0.6 is 0 Å². The number of rotatable bonds is 1. The van der Waals surface area contributed by atoms with Crippen molar-refractivity contribution in [2.45, 2.75) is 0 Å². The molecule has 2 aromatic rings. The third kappa shape index (κ3) is 1.40. The van der Waals surface area contributed by atoms with Crippen molar-refractivity contribution in [3.8, 4) is 11.6 Å². The summed E-state index contributed by atoms with van der Waals surface area (Å²) in [5, 5.41) is 6.88. The van der Waals surface area contributed by atoms with Crippen LogP contribution in [0.4, 0.5) is 6.01 Å². The Hall–Kier alpha value is -2.38. The molecule has 2 heterocycles. The first-order valence-electron chi connectivity index (χ1n) is 3.58. The van der Waals surface area contributed by atoms with Gasteiger partial charge in [0.2, 0.25) is 0 Å². The molecule has 0 bridgehead atoms. The Morgan fingerprint density at radius 1 is 1.29 bits per heavy atom. The largest absolute Gasteiger partial charge is 0.402 e. The second kappa shape index (κ2) is 2.83. The van der Waals surface area contributed by atoms with Gasteiger partial charge in [-0.1, -0.05) is 5.10 Å². The van der Waals surface area contributed by atoms with E-state index in [1.54, 1.807) is 0 Å². The van der Waals surface area contributed by atoms with Crippen LogP contribution in [0, 0.1) is 0 Å². The van der Waals surface area contributed by atoms with Crippen molar-refractivity contribution in [3.05, 3.63) is 26.9 Å². The first-order valence-corrected chi connectivity index (χ1v) is 3.58. The quantitative estimate of drug-likeness (QED) is 0.518. The maximum atomic E-state index is 10.9. The zero-order chi connectivity index (χ0) is 10.1. The van der Waals surface area contributed by atoms with Crippen molar-refractivity contribution < 1.29 is 4.42 Å². The SMILES string of the molecule is Nc1nnc(-c2cc(=O)[nH]c(=O)[nH]2)o1. The summed E-state index contributed by atoms with van der Waals surface area (Å²) in [6.45, 7) is 0. The van der Waals surface area contributed by atoms with Crippen LogP contribution in [0.2, 0.25) is 0 Å². The van der Waals surface area contributed by atoms with Gasteiger partial charge in [0.15, 0.2) is 0 Å². The summed E-state index contributed by atoms with van der Waals surface area (Å²) >= 11 is 0. The second-order valence-corrected chi connectivity index (χ2v) is 2.45. The highest BCUT2D eigenvalue weighted by atomic mass is 16.4. The second-order valence-electron chi connectivity index (χ2n) is 2.45. The van der Waals surface area contributed by atoms with Gasteiger partial charge in [-0.15, -0.1) is 5.10 Å². The number of hydrogen-bond acceptors (Lipinski definition) is 6. The van der Waals surface area contributed by atoms with Crippen LogP contribution in [-0.4, -0.2) is 20.2 Å². The fourth-order valence-corrected chi connectivity index (χ4v) is 0.927. The molecule has 0 spiro atoms. The summed E-state index contributed by atoms with van der Waals surface area (Å²) in [5.74, 6) is -0.00861. The van der Waals surface area contributed by atoms with Gasteiger partial charge >= 0.3 is 11.7 Å². The maximum Gasteiger partial charge on any atom is 0.326 e. The minimum atomic E-state index is -0.649. The van der Waals surface area contributed by atoms with Crippen LogP contribution in [0.5, 0.6) is 0 Å². The lowest BCUT2D eigenvalue weighted by Gasteiger charge is -1.91. The van der Waals surface area contributed by atoms with Crippen molar-refractivity contribution >= 4 is 6.01 Å². The average Bonchev–Trinajstić information content (AvgIpc) is 2.50. The van der Waals surface area contributed by atoms with E-state index < -0.39 is 11.2 Å². The van der Waals surface area contributed by atoms with Crippen LogP contribution in [-0.2, 0) is 0 Å². The third-order valence-electron chi connectivity index (χ3n) is 1.43. The predicted octanol–water partition coefficient (Wildman–Crippen LogP) is -1.30. The molecule has 0 fully saturated rings. The van der Waals surface area contributed by atoms with E-state index in [2.05, 4.69) is 15.2 Å². The number of aromatic amines is 2. The Morgan fingerprint density at radius 3 is 2.64 bits per heavy atom. The van der Waals surface area contributed by atoms with E-state index >= 15 is 0 Å². The molecule has 2 rings (SSSR count). The van der Waals surface area contributed by atoms with E-state index in [-0.39, 0.29) is 17.6 Å². The molecule has 0 aliphatic carbocycles. The fourth-order valence-electron chi connectivity index (χ4n) is 0.927. The van der Waals surface area contributed by atoms with Crippen molar-refractivity contribution in [3.63, 3.8) is 0 Å². The molecule has 0 radical (unpaired) electrons. The predicted molar refractivity (Wildman–Crippen MR) is 45.4 cm³/mol. The molecule has 0 saturated carbocycles. The van der Waals surface area contributed by atoms with Crippen LogP contribution in [0.1, 0.15) is 0 Å². The first-order chi connectivity index (χ1) is 6.65. The van der Waals surface area contributed by atoms with E-state index in [1.165, 1.54) is 0 Å². The topological polar surface area (TPSA) is 131 Å². The molecular weight excluding hydrogens is 190 g/mol. The number of nitrogen functional groups attached to an aromatic ring is 1. The highest BCUT2D eigenvalue weighted by Gasteiger charge is 2.07. The van der Waals surface area contributed by atoms with Crippen LogP contribution < -0.4 is 17.0 Å². The molecule has 72 valence electrons. The van der Waals surface area contributed by atoms with Crippen molar-refractivity contribution in [2.75, 3.05) is 5.73 Å². The first kappa shape index (κ1) is 8.23. The average molecular weight is 195 g/mol. The standard InChI is InChI=1S/C6H5N5O3/c7-5-11-10-4(14-5)2-1-3(12)9-6(13)8-2/h1H,(H2,7,11)(H2,8,9,12,13). The number of nitrogens with one attached hydrogen (secondary N) is 2. The minimum Gasteiger partial charge on any atom is -0.402 e. The molecule has 14 heavy (non-hydrogen) atoms. The van der Waals surface area contributed by atoms with E-state index in [1.807, 2.05) is 4.98 Å². The summed E-state index contributed by atoms with van der Waals surface area (Å²) in [4.78, 5) is 26.1. The number of nitrogens with two attached hydrogens (primary N) is 1. The van der Waals surface area contributed by atoms with E-state index in [4.69, 9.17) is 10.2 Å². The van der Waals surface area contributed by atoms with E-state index in [9.17, 15) is 9.59 Å². The molecule has 8 nitrogen and oxygen atoms in total. The van der Waals surface area contributed by atoms with Crippen LogP contribution in [0.3, 0.4) is 0 Å². The zero-order valence-corrected chi connectivity index (χ0v) is 6.77. The summed E-state index contributed by atoms with van der Waals surface area (Å²) in [6, 6.07) is 0.982. The molecule has 0 saturated heterocycles. The zero-order valence-electron chi connectivity index (χ0n) is 6.77. The number of hydrogen-bond donors (Lipinski definition) is 3. The van der Waals surface area contributed by atoms with Gasteiger partial charge in [-0.05, 0) is 0 Å². The molecule has 0 aliphatic rings. The Bertz CT molecular complexity index is 537. The summed E-state index contributed by atoms with van der Waals surface area (Å²) in [6.07, 6.45) is 0. The van der Waals surface area contributed by atoms with Gasteiger partial charge in [0.05, 0.1) is 0 Å². The molecule has 8 heteroatoms. The molecule has 0 amide bonds. The Kier molecular flexibility index (Phi) is 1.67. The smallest absolute Gasteiger partial charge is 0.326 e. The lowest BCUT2D eigenvalue weighted by atomic mass is 10.4. The molecule has 0 unspecified atom stereocenters. The van der Waals surface area contributed by atoms with Gasteiger partial charge < -0.3 is 15.1 Å². The van der Waals surface area contributed by atoms with E-state index in [0.29, 0.717) is 0 Å². The van der Waals surface area contributed by atoms with Crippen molar-refractivity contribution in [2.24, 2.45) is 0 Å². The Balaban J connectivity index is 2.62. The maximum absolute atomic E-state index is 10.9. The lowest BCUT2D eigenvalue weighted by molar-refractivity contribution is 0.587. The highest BCUT2D eigenvalue weighted by molar-refractivity contribution is 5.45. The number of aromatic nitrogens is 4. The monoisotopic (exact) mass is 195 g/mol. The van der Waals surface area contributed by atoms with Crippen molar-refractivity contribution in [1.82, 2.24) is 20.2 Å². The number of anilines is 1. The molecule has 0 aliphatic heterocycles.